The Kier molecular flexibility index (Phi) is 6.90. The van der Waals surface area contributed by atoms with Crippen LogP contribution in [0.5, 0.6) is 0 Å². The third-order valence-electron chi connectivity index (χ3n) is 6.01. The molecule has 32 heavy (non-hydrogen) atoms. The summed E-state index contributed by atoms with van der Waals surface area (Å²) >= 11 is 1.41. The van der Waals surface area contributed by atoms with E-state index in [-0.39, 0.29) is 30.2 Å². The SMILES string of the molecule is CCOC1OC(=O)CC1NC(=O)[C@@H]1CC[C@H]2C/C=C\C[C@H](NC(=O)c3ccsc3)C(=O)N21. The average molecular weight is 462 g/mol. The number of carbonyl (C=O) groups is 4. The summed E-state index contributed by atoms with van der Waals surface area (Å²) in [7, 11) is 0. The fourth-order valence-electron chi connectivity index (χ4n) is 4.48. The number of rotatable bonds is 6. The molecule has 1 aromatic rings. The minimum atomic E-state index is -0.822. The topological polar surface area (TPSA) is 114 Å². The lowest BCUT2D eigenvalue weighted by Gasteiger charge is -2.34. The van der Waals surface area contributed by atoms with Gasteiger partial charge in [-0.3, -0.25) is 19.2 Å². The minimum Gasteiger partial charge on any atom is -0.433 e. The minimum absolute atomic E-state index is 0.0303. The van der Waals surface area contributed by atoms with E-state index in [4.69, 9.17) is 9.47 Å². The maximum absolute atomic E-state index is 13.5. The lowest BCUT2D eigenvalue weighted by molar-refractivity contribution is -0.164. The molecule has 10 heteroatoms. The van der Waals surface area contributed by atoms with Gasteiger partial charge in [0.1, 0.15) is 18.1 Å². The van der Waals surface area contributed by atoms with Crippen molar-refractivity contribution in [3.8, 4) is 0 Å². The maximum atomic E-state index is 13.5. The van der Waals surface area contributed by atoms with Gasteiger partial charge in [0.05, 0.1) is 12.0 Å². The zero-order valence-corrected chi connectivity index (χ0v) is 18.6. The number of hydrogen-bond acceptors (Lipinski definition) is 7. The van der Waals surface area contributed by atoms with Crippen LogP contribution in [0.25, 0.3) is 0 Å². The molecule has 3 aliphatic heterocycles. The van der Waals surface area contributed by atoms with Crippen molar-refractivity contribution in [2.24, 2.45) is 0 Å². The molecule has 172 valence electrons. The average Bonchev–Trinajstić information content (AvgIpc) is 3.49. The van der Waals surface area contributed by atoms with Crippen LogP contribution in [0.2, 0.25) is 0 Å². The van der Waals surface area contributed by atoms with E-state index in [1.54, 1.807) is 28.7 Å². The van der Waals surface area contributed by atoms with Crippen molar-refractivity contribution in [1.29, 1.82) is 0 Å². The Hall–Kier alpha value is -2.72. The second-order valence-corrected chi connectivity index (χ2v) is 8.89. The normalized spacial score (nSPS) is 30.8. The molecular formula is C22H27N3O6S. The summed E-state index contributed by atoms with van der Waals surface area (Å²) in [5, 5.41) is 9.20. The van der Waals surface area contributed by atoms with Crippen LogP contribution in [-0.2, 0) is 23.9 Å². The van der Waals surface area contributed by atoms with Gasteiger partial charge in [-0.2, -0.15) is 11.3 Å². The molecule has 0 spiro atoms. The highest BCUT2D eigenvalue weighted by Crippen LogP contribution is 2.30. The quantitative estimate of drug-likeness (QED) is 0.488. The second-order valence-electron chi connectivity index (χ2n) is 8.11. The Labute approximate surface area is 190 Å². The van der Waals surface area contributed by atoms with Gasteiger partial charge in [0, 0.05) is 18.0 Å². The van der Waals surface area contributed by atoms with Gasteiger partial charge in [-0.1, -0.05) is 12.2 Å². The number of nitrogens with one attached hydrogen (secondary N) is 2. The van der Waals surface area contributed by atoms with Crippen LogP contribution in [0.3, 0.4) is 0 Å². The van der Waals surface area contributed by atoms with E-state index >= 15 is 0 Å². The summed E-state index contributed by atoms with van der Waals surface area (Å²) in [5.74, 6) is -1.33. The Bertz CT molecular complexity index is 901. The molecule has 4 rings (SSSR count). The number of cyclic esters (lactones) is 1. The largest absolute Gasteiger partial charge is 0.433 e. The van der Waals surface area contributed by atoms with E-state index in [1.807, 2.05) is 12.2 Å². The van der Waals surface area contributed by atoms with Crippen LogP contribution in [-0.4, -0.2) is 65.7 Å². The van der Waals surface area contributed by atoms with E-state index in [2.05, 4.69) is 10.6 Å². The summed E-state index contributed by atoms with van der Waals surface area (Å²) in [4.78, 5) is 52.4. The van der Waals surface area contributed by atoms with Gasteiger partial charge < -0.3 is 25.0 Å². The van der Waals surface area contributed by atoms with Crippen LogP contribution in [0.1, 0.15) is 49.4 Å². The summed E-state index contributed by atoms with van der Waals surface area (Å²) in [5.41, 5.74) is 0.508. The van der Waals surface area contributed by atoms with Crippen molar-refractivity contribution in [2.45, 2.75) is 69.5 Å². The number of nitrogens with zero attached hydrogens (tertiary/aromatic N) is 1. The molecule has 1 aromatic heterocycles. The molecule has 2 saturated heterocycles. The predicted octanol–water partition coefficient (Wildman–Crippen LogP) is 1.35. The lowest BCUT2D eigenvalue weighted by Crippen LogP contribution is -2.57. The van der Waals surface area contributed by atoms with Crippen molar-refractivity contribution in [2.75, 3.05) is 6.61 Å². The monoisotopic (exact) mass is 461 g/mol. The van der Waals surface area contributed by atoms with E-state index in [1.165, 1.54) is 11.3 Å². The molecule has 9 nitrogen and oxygen atoms in total. The van der Waals surface area contributed by atoms with E-state index in [9.17, 15) is 19.2 Å². The van der Waals surface area contributed by atoms with E-state index in [0.29, 0.717) is 37.9 Å². The van der Waals surface area contributed by atoms with Gasteiger partial charge in [0.2, 0.25) is 18.1 Å². The third-order valence-corrected chi connectivity index (χ3v) is 6.70. The van der Waals surface area contributed by atoms with Crippen molar-refractivity contribution in [1.82, 2.24) is 15.5 Å². The summed E-state index contributed by atoms with van der Waals surface area (Å²) in [6, 6.07) is -0.412. The first-order valence-electron chi connectivity index (χ1n) is 10.9. The Morgan fingerprint density at radius 2 is 2.03 bits per heavy atom. The summed E-state index contributed by atoms with van der Waals surface area (Å²) in [6.45, 7) is 2.13. The van der Waals surface area contributed by atoms with E-state index < -0.39 is 30.4 Å². The fraction of sp³-hybridized carbons (Fsp3) is 0.545. The van der Waals surface area contributed by atoms with Gasteiger partial charge in [-0.15, -0.1) is 0 Å². The molecule has 0 saturated carbocycles. The smallest absolute Gasteiger partial charge is 0.310 e. The Morgan fingerprint density at radius 1 is 1.22 bits per heavy atom. The van der Waals surface area contributed by atoms with Crippen LogP contribution >= 0.6 is 11.3 Å². The van der Waals surface area contributed by atoms with Crippen LogP contribution < -0.4 is 10.6 Å². The second kappa shape index (κ2) is 9.83. The highest BCUT2D eigenvalue weighted by atomic mass is 32.1. The van der Waals surface area contributed by atoms with Crippen LogP contribution in [0.4, 0.5) is 0 Å². The number of fused-ring (bicyclic) bond motifs is 1. The molecule has 5 atom stereocenters. The van der Waals surface area contributed by atoms with Crippen molar-refractivity contribution in [3.63, 3.8) is 0 Å². The van der Waals surface area contributed by atoms with Gasteiger partial charge >= 0.3 is 5.97 Å². The number of thiophene rings is 1. The number of ether oxygens (including phenoxy) is 2. The standard InChI is InChI=1S/C22H27N3O6S/c1-2-30-22-16(11-18(26)31-22)24-20(28)17-8-7-14-5-3-4-6-15(21(29)25(14)17)23-19(27)13-9-10-32-12-13/h3-4,9-10,12,14-17,22H,2,5-8,11H2,1H3,(H,23,27)(H,24,28)/b4-3-/t14-,15+,16?,17+,22?/m1/s1. The van der Waals surface area contributed by atoms with Gasteiger partial charge in [-0.05, 0) is 44.1 Å². The number of carbonyl (C=O) groups excluding carboxylic acids is 4. The van der Waals surface area contributed by atoms with Gasteiger partial charge in [-0.25, -0.2) is 0 Å². The Morgan fingerprint density at radius 3 is 2.78 bits per heavy atom. The van der Waals surface area contributed by atoms with Crippen molar-refractivity contribution < 1.29 is 28.7 Å². The molecule has 0 bridgehead atoms. The number of esters is 1. The number of amides is 3. The summed E-state index contributed by atoms with van der Waals surface area (Å²) in [6.07, 6.45) is 5.35. The molecule has 0 radical (unpaired) electrons. The van der Waals surface area contributed by atoms with Crippen LogP contribution in [0, 0.1) is 0 Å². The third kappa shape index (κ3) is 4.71. The first-order valence-corrected chi connectivity index (χ1v) is 11.8. The predicted molar refractivity (Wildman–Crippen MR) is 116 cm³/mol. The number of hydrogen-bond donors (Lipinski definition) is 2. The molecule has 3 amide bonds. The maximum Gasteiger partial charge on any atom is 0.310 e. The molecule has 0 aromatic carbocycles. The molecule has 2 N–H and O–H groups in total. The highest BCUT2D eigenvalue weighted by Gasteiger charge is 2.45. The van der Waals surface area contributed by atoms with Gasteiger partial charge in [0.25, 0.3) is 5.91 Å². The highest BCUT2D eigenvalue weighted by molar-refractivity contribution is 7.08. The zero-order valence-electron chi connectivity index (χ0n) is 17.8. The van der Waals surface area contributed by atoms with E-state index in [0.717, 1.165) is 0 Å². The molecular weight excluding hydrogens is 434 g/mol. The van der Waals surface area contributed by atoms with Crippen LogP contribution in [0.15, 0.2) is 29.0 Å². The fourth-order valence-corrected chi connectivity index (χ4v) is 5.11. The van der Waals surface area contributed by atoms with Crippen molar-refractivity contribution >= 4 is 35.0 Å². The zero-order chi connectivity index (χ0) is 22.7. The molecule has 2 unspecified atom stereocenters. The summed E-state index contributed by atoms with van der Waals surface area (Å²) < 4.78 is 10.5. The Balaban J connectivity index is 1.48. The first kappa shape index (κ1) is 22.5. The molecule has 3 aliphatic rings. The van der Waals surface area contributed by atoms with Gasteiger partial charge in [0.15, 0.2) is 0 Å². The van der Waals surface area contributed by atoms with Crippen molar-refractivity contribution in [3.05, 3.63) is 34.5 Å². The molecule has 2 fully saturated rings. The lowest BCUT2D eigenvalue weighted by atomic mass is 10.0. The first-order chi connectivity index (χ1) is 15.5. The molecule has 0 aliphatic carbocycles. The molecule has 4 heterocycles.